The van der Waals surface area contributed by atoms with Crippen LogP contribution in [0.5, 0.6) is 5.75 Å². The van der Waals surface area contributed by atoms with Crippen LogP contribution in [0.1, 0.15) is 41.3 Å². The largest absolute Gasteiger partial charge is 0.491 e. The summed E-state index contributed by atoms with van der Waals surface area (Å²) in [5.41, 5.74) is -0.640. The van der Waals surface area contributed by atoms with Crippen molar-refractivity contribution in [3.8, 4) is 18.1 Å². The molecule has 12 heteroatoms. The van der Waals surface area contributed by atoms with E-state index in [4.69, 9.17) is 11.2 Å². The van der Waals surface area contributed by atoms with Crippen molar-refractivity contribution in [2.24, 2.45) is 0 Å². The first kappa shape index (κ1) is 27.1. The number of anilines is 2. The second-order valence-electron chi connectivity index (χ2n) is 9.24. The van der Waals surface area contributed by atoms with E-state index in [1.807, 2.05) is 0 Å². The van der Waals surface area contributed by atoms with Crippen LogP contribution in [0.15, 0.2) is 54.2 Å². The molecule has 0 saturated carbocycles. The topological polar surface area (TPSA) is 88.5 Å². The minimum atomic E-state index is -4.73. The lowest BCUT2D eigenvalue weighted by molar-refractivity contribution is -0.137. The summed E-state index contributed by atoms with van der Waals surface area (Å²) in [5.74, 6) is 1.33. The molecule has 1 aliphatic heterocycles. The second-order valence-corrected chi connectivity index (χ2v) is 10.1. The summed E-state index contributed by atoms with van der Waals surface area (Å²) in [6, 6.07) is 7.05. The molecule has 4 heterocycles. The first-order valence-electron chi connectivity index (χ1n) is 12.2. The number of thiazole rings is 1. The van der Waals surface area contributed by atoms with E-state index in [-0.39, 0.29) is 35.1 Å². The molecule has 5 rings (SSSR count). The molecule has 1 atom stereocenters. The summed E-state index contributed by atoms with van der Waals surface area (Å²) in [4.78, 5) is 43.0. The summed E-state index contributed by atoms with van der Waals surface area (Å²) in [6.07, 6.45) is 3.51. The number of amides is 2. The van der Waals surface area contributed by atoms with Crippen LogP contribution in [0.4, 0.5) is 24.7 Å². The highest BCUT2D eigenvalue weighted by Crippen LogP contribution is 2.38. The number of terminal acetylenes is 1. The number of carbonyl (C=O) groups is 2. The average molecular weight is 566 g/mol. The standard InChI is InChI=1S/C28H22F3N5O3S/c1-4-24-34-22(15-40-24)26(37)36(18-12-17(28(29,30)31)13-19(14-18)39-16(2)3)23-8-11-35(27(23)38)25-20-6-5-9-32-21(20)7-10-33-25/h1,5-7,9-10,12-16,23H,8,11H2,2-3H3. The Morgan fingerprint density at radius 3 is 2.73 bits per heavy atom. The molecule has 3 aromatic heterocycles. The van der Waals surface area contributed by atoms with Crippen molar-refractivity contribution in [2.75, 3.05) is 16.3 Å². The van der Waals surface area contributed by atoms with Gasteiger partial charge in [0.2, 0.25) is 0 Å². The number of benzene rings is 1. The molecule has 1 aliphatic rings. The predicted octanol–water partition coefficient (Wildman–Crippen LogP) is 5.33. The van der Waals surface area contributed by atoms with Gasteiger partial charge in [-0.05, 0) is 56.5 Å². The quantitative estimate of drug-likeness (QED) is 0.294. The minimum Gasteiger partial charge on any atom is -0.491 e. The molecule has 40 heavy (non-hydrogen) atoms. The number of aromatic nitrogens is 3. The minimum absolute atomic E-state index is 0.0829. The monoisotopic (exact) mass is 565 g/mol. The van der Waals surface area contributed by atoms with Crippen molar-refractivity contribution in [3.63, 3.8) is 0 Å². The second kappa shape index (κ2) is 10.6. The van der Waals surface area contributed by atoms with Gasteiger partial charge < -0.3 is 4.74 Å². The van der Waals surface area contributed by atoms with Crippen molar-refractivity contribution in [3.05, 3.63) is 70.4 Å². The van der Waals surface area contributed by atoms with E-state index < -0.39 is 35.7 Å². The Hall–Kier alpha value is -4.50. The van der Waals surface area contributed by atoms with Gasteiger partial charge in [-0.15, -0.1) is 17.8 Å². The van der Waals surface area contributed by atoms with Gasteiger partial charge in [0.05, 0.1) is 17.2 Å². The van der Waals surface area contributed by atoms with E-state index in [2.05, 4.69) is 20.9 Å². The number of rotatable bonds is 6. The first-order valence-corrected chi connectivity index (χ1v) is 13.1. The van der Waals surface area contributed by atoms with Gasteiger partial charge in [-0.2, -0.15) is 13.2 Å². The lowest BCUT2D eigenvalue weighted by Crippen LogP contribution is -2.46. The number of ether oxygens (including phenoxy) is 1. The number of halogens is 3. The molecule has 1 saturated heterocycles. The van der Waals surface area contributed by atoms with Crippen molar-refractivity contribution in [1.29, 1.82) is 0 Å². The first-order chi connectivity index (χ1) is 19.1. The smallest absolute Gasteiger partial charge is 0.416 e. The van der Waals surface area contributed by atoms with Gasteiger partial charge in [0.1, 0.15) is 23.3 Å². The third kappa shape index (κ3) is 5.20. The number of hydrogen-bond donors (Lipinski definition) is 0. The Balaban J connectivity index is 1.62. The van der Waals surface area contributed by atoms with E-state index in [1.54, 1.807) is 38.2 Å². The third-order valence-electron chi connectivity index (χ3n) is 6.19. The van der Waals surface area contributed by atoms with Crippen LogP contribution < -0.4 is 14.5 Å². The van der Waals surface area contributed by atoms with Gasteiger partial charge >= 0.3 is 6.18 Å². The van der Waals surface area contributed by atoms with Gasteiger partial charge in [-0.3, -0.25) is 24.4 Å². The molecule has 1 fully saturated rings. The SMILES string of the molecule is C#Cc1nc(C(=O)N(c2cc(OC(C)C)cc(C(F)(F)F)c2)C2CCN(c3nccc4ncccc34)C2=O)cs1. The lowest BCUT2D eigenvalue weighted by Gasteiger charge is -2.29. The van der Waals surface area contributed by atoms with Crippen LogP contribution >= 0.6 is 11.3 Å². The molecule has 0 spiro atoms. The van der Waals surface area contributed by atoms with Crippen molar-refractivity contribution in [1.82, 2.24) is 15.0 Å². The van der Waals surface area contributed by atoms with Crippen molar-refractivity contribution >= 4 is 45.6 Å². The molecule has 0 radical (unpaired) electrons. The number of fused-ring (bicyclic) bond motifs is 1. The molecule has 8 nitrogen and oxygen atoms in total. The fourth-order valence-corrected chi connectivity index (χ4v) is 5.14. The van der Waals surface area contributed by atoms with Crippen LogP contribution in [0.25, 0.3) is 10.9 Å². The molecular formula is C28H22F3N5O3S. The predicted molar refractivity (Wildman–Crippen MR) is 144 cm³/mol. The van der Waals surface area contributed by atoms with Gasteiger partial charge in [-0.1, -0.05) is 0 Å². The molecule has 1 unspecified atom stereocenters. The van der Waals surface area contributed by atoms with E-state index in [9.17, 15) is 22.8 Å². The molecule has 0 N–H and O–H groups in total. The fourth-order valence-electron chi connectivity index (χ4n) is 4.54. The molecule has 0 aliphatic carbocycles. The molecule has 2 amide bonds. The Bertz CT molecular complexity index is 1640. The average Bonchev–Trinajstić information content (AvgIpc) is 3.55. The number of carbonyl (C=O) groups excluding carboxylic acids is 2. The highest BCUT2D eigenvalue weighted by molar-refractivity contribution is 7.10. The maximum Gasteiger partial charge on any atom is 0.416 e. The summed E-state index contributed by atoms with van der Waals surface area (Å²) >= 11 is 1.04. The zero-order valence-electron chi connectivity index (χ0n) is 21.3. The van der Waals surface area contributed by atoms with Gasteiger partial charge in [-0.25, -0.2) is 9.97 Å². The van der Waals surface area contributed by atoms with Crippen LogP contribution in [0, 0.1) is 12.3 Å². The van der Waals surface area contributed by atoms with Crippen molar-refractivity contribution < 1.29 is 27.5 Å². The maximum atomic E-state index is 13.9. The number of nitrogens with zero attached hydrogens (tertiary/aromatic N) is 5. The number of hydrogen-bond acceptors (Lipinski definition) is 7. The fraction of sp³-hybridized carbons (Fsp3) is 0.250. The molecular weight excluding hydrogens is 543 g/mol. The number of pyridine rings is 2. The van der Waals surface area contributed by atoms with Crippen LogP contribution in [-0.2, 0) is 11.0 Å². The number of alkyl halides is 3. The van der Waals surface area contributed by atoms with E-state index in [1.165, 1.54) is 22.5 Å². The zero-order chi connectivity index (χ0) is 28.6. The summed E-state index contributed by atoms with van der Waals surface area (Å²) in [5, 5.41) is 2.27. The van der Waals surface area contributed by atoms with Gasteiger partial charge in [0.25, 0.3) is 11.8 Å². The molecule has 204 valence electrons. The highest BCUT2D eigenvalue weighted by atomic mass is 32.1. The van der Waals surface area contributed by atoms with Gasteiger partial charge in [0.15, 0.2) is 5.01 Å². The molecule has 4 aromatic rings. The summed E-state index contributed by atoms with van der Waals surface area (Å²) < 4.78 is 47.4. The van der Waals surface area contributed by atoms with E-state index in [0.717, 1.165) is 28.4 Å². The zero-order valence-corrected chi connectivity index (χ0v) is 22.2. The molecule has 1 aromatic carbocycles. The van der Waals surface area contributed by atoms with Crippen LogP contribution in [0.3, 0.4) is 0 Å². The summed E-state index contributed by atoms with van der Waals surface area (Å²) in [6.45, 7) is 3.52. The van der Waals surface area contributed by atoms with Crippen molar-refractivity contribution in [2.45, 2.75) is 38.6 Å². The Labute approximate surface area is 231 Å². The maximum absolute atomic E-state index is 13.9. The highest BCUT2D eigenvalue weighted by Gasteiger charge is 2.42. The lowest BCUT2D eigenvalue weighted by atomic mass is 10.1. The Morgan fingerprint density at radius 1 is 1.23 bits per heavy atom. The van der Waals surface area contributed by atoms with Crippen LogP contribution in [0.2, 0.25) is 0 Å². The van der Waals surface area contributed by atoms with Crippen LogP contribution in [-0.4, -0.2) is 45.5 Å². The Kier molecular flexibility index (Phi) is 7.16. The van der Waals surface area contributed by atoms with E-state index >= 15 is 0 Å². The summed E-state index contributed by atoms with van der Waals surface area (Å²) in [7, 11) is 0. The Morgan fingerprint density at radius 2 is 2.02 bits per heavy atom. The third-order valence-corrected chi connectivity index (χ3v) is 6.96. The van der Waals surface area contributed by atoms with E-state index in [0.29, 0.717) is 16.7 Å². The molecule has 0 bridgehead atoms. The van der Waals surface area contributed by atoms with Gasteiger partial charge in [0, 0.05) is 41.5 Å². The normalized spacial score (nSPS) is 15.5.